The van der Waals surface area contributed by atoms with Crippen molar-refractivity contribution in [1.29, 1.82) is 0 Å². The third kappa shape index (κ3) is 8.76. The van der Waals surface area contributed by atoms with E-state index >= 15 is 0 Å². The summed E-state index contributed by atoms with van der Waals surface area (Å²) in [5.41, 5.74) is 11.6. The van der Waals surface area contributed by atoms with E-state index < -0.39 is 23.6 Å². The second-order valence-corrected chi connectivity index (χ2v) is 11.6. The van der Waals surface area contributed by atoms with Crippen LogP contribution in [0.4, 0.5) is 6.01 Å². The van der Waals surface area contributed by atoms with Gasteiger partial charge >= 0.3 is 0 Å². The summed E-state index contributed by atoms with van der Waals surface area (Å²) in [6, 6.07) is 7.44. The first-order valence-corrected chi connectivity index (χ1v) is 15.1. The Morgan fingerprint density at radius 1 is 0.927 bits per heavy atom. The predicted molar refractivity (Wildman–Crippen MR) is 156 cm³/mol. The highest BCUT2D eigenvalue weighted by atomic mass is 16.4. The summed E-state index contributed by atoms with van der Waals surface area (Å²) in [4.78, 5) is 50.8. The van der Waals surface area contributed by atoms with E-state index in [0.29, 0.717) is 30.3 Å². The fourth-order valence-corrected chi connectivity index (χ4v) is 6.01. The van der Waals surface area contributed by atoms with Crippen LogP contribution in [0.25, 0.3) is 11.1 Å². The molecule has 1 aromatic heterocycles. The van der Waals surface area contributed by atoms with Crippen molar-refractivity contribution >= 4 is 40.6 Å². The number of anilines is 1. The van der Waals surface area contributed by atoms with Gasteiger partial charge in [0.05, 0.1) is 12.6 Å². The average Bonchev–Trinajstić information content (AvgIpc) is 3.62. The Morgan fingerprint density at radius 2 is 1.61 bits per heavy atom. The van der Waals surface area contributed by atoms with Crippen molar-refractivity contribution in [2.75, 3.05) is 11.9 Å². The number of hydrogen-bond donors (Lipinski definition) is 5. The Kier molecular flexibility index (Phi) is 11.1. The van der Waals surface area contributed by atoms with Crippen LogP contribution in [0, 0.1) is 11.8 Å². The van der Waals surface area contributed by atoms with E-state index in [-0.39, 0.29) is 18.5 Å². The van der Waals surface area contributed by atoms with Crippen molar-refractivity contribution in [2.24, 2.45) is 23.3 Å². The fraction of sp³-hybridized carbons (Fsp3) is 0.633. The average molecular weight is 569 g/mol. The van der Waals surface area contributed by atoms with E-state index in [4.69, 9.17) is 15.9 Å². The Morgan fingerprint density at radius 3 is 2.22 bits per heavy atom. The zero-order chi connectivity index (χ0) is 29.2. The number of aromatic nitrogens is 1. The molecular weight excluding hydrogens is 524 g/mol. The number of benzene rings is 1. The molecule has 1 heterocycles. The number of primary amides is 1. The quantitative estimate of drug-likeness (QED) is 0.256. The van der Waals surface area contributed by atoms with E-state index in [9.17, 15) is 19.2 Å². The van der Waals surface area contributed by atoms with Crippen molar-refractivity contribution in [3.05, 3.63) is 24.3 Å². The molecule has 0 bridgehead atoms. The lowest BCUT2D eigenvalue weighted by atomic mass is 9.80. The highest BCUT2D eigenvalue weighted by molar-refractivity contribution is 6.37. The maximum Gasteiger partial charge on any atom is 0.296 e. The zero-order valence-electron chi connectivity index (χ0n) is 23.7. The van der Waals surface area contributed by atoms with Gasteiger partial charge in [0.25, 0.3) is 11.9 Å². The standard InChI is InChI=1S/C20H27N3O2.C10H17N3O3/c24-19(21-15-10-4-5-11-15)18(14-8-2-1-3-9-14)23-20-22-16-12-6-7-13-17(16)25-20;11-5-8(14)13-7(9(15)10(12)16)4-6-2-1-3-6/h6-7,12-15,18H,1-5,8-11H2,(H,21,24)(H,22,23);6-7H,1-5,11H2,(H2,12,16)(H,13,14)/t18-;/m0./s1. The molecule has 0 spiro atoms. The maximum atomic E-state index is 13.0. The molecule has 11 heteroatoms. The van der Waals surface area contributed by atoms with Gasteiger partial charge in [0.1, 0.15) is 11.6 Å². The van der Waals surface area contributed by atoms with E-state index in [0.717, 1.165) is 56.0 Å². The van der Waals surface area contributed by atoms with Crippen molar-refractivity contribution in [1.82, 2.24) is 15.6 Å². The van der Waals surface area contributed by atoms with Crippen LogP contribution in [0.15, 0.2) is 28.7 Å². The monoisotopic (exact) mass is 568 g/mol. The van der Waals surface area contributed by atoms with Gasteiger partial charge in [-0.2, -0.15) is 4.98 Å². The molecule has 3 aliphatic rings. The molecule has 0 aliphatic heterocycles. The minimum Gasteiger partial charge on any atom is -0.424 e. The van der Waals surface area contributed by atoms with Gasteiger partial charge < -0.3 is 31.8 Å². The molecule has 0 radical (unpaired) electrons. The number of nitrogens with two attached hydrogens (primary N) is 2. The number of Topliss-reactive ketones (excluding diaryl/α,β-unsaturated/α-hetero) is 1. The lowest BCUT2D eigenvalue weighted by molar-refractivity contribution is -0.138. The molecule has 224 valence electrons. The number of hydrogen-bond acceptors (Lipinski definition) is 8. The van der Waals surface area contributed by atoms with Crippen LogP contribution in [-0.2, 0) is 19.2 Å². The maximum absolute atomic E-state index is 13.0. The van der Waals surface area contributed by atoms with Crippen LogP contribution >= 0.6 is 0 Å². The molecular formula is C30H44N6O5. The molecule has 3 amide bonds. The van der Waals surface area contributed by atoms with Crippen LogP contribution in [0.1, 0.15) is 83.5 Å². The summed E-state index contributed by atoms with van der Waals surface area (Å²) in [6.45, 7) is -0.201. The topological polar surface area (TPSA) is 182 Å². The van der Waals surface area contributed by atoms with E-state index in [1.807, 2.05) is 24.3 Å². The minimum atomic E-state index is -1.01. The Bertz CT molecular complexity index is 1150. The third-order valence-corrected chi connectivity index (χ3v) is 8.55. The smallest absolute Gasteiger partial charge is 0.296 e. The Balaban J connectivity index is 0.000000210. The summed E-state index contributed by atoms with van der Waals surface area (Å²) >= 11 is 0. The van der Waals surface area contributed by atoms with Gasteiger partial charge in [-0.05, 0) is 56.1 Å². The predicted octanol–water partition coefficient (Wildman–Crippen LogP) is 2.92. The van der Waals surface area contributed by atoms with Crippen molar-refractivity contribution in [3.63, 3.8) is 0 Å². The van der Waals surface area contributed by atoms with E-state index in [2.05, 4.69) is 20.9 Å². The molecule has 0 saturated heterocycles. The van der Waals surface area contributed by atoms with Crippen LogP contribution < -0.4 is 27.4 Å². The third-order valence-electron chi connectivity index (χ3n) is 8.55. The largest absolute Gasteiger partial charge is 0.424 e. The fourth-order valence-electron chi connectivity index (χ4n) is 6.01. The van der Waals surface area contributed by atoms with Gasteiger partial charge in [-0.3, -0.25) is 19.2 Å². The van der Waals surface area contributed by atoms with Crippen LogP contribution in [0.5, 0.6) is 0 Å². The van der Waals surface area contributed by atoms with Gasteiger partial charge in [-0.15, -0.1) is 0 Å². The molecule has 5 rings (SSSR count). The van der Waals surface area contributed by atoms with Crippen LogP contribution in [0.3, 0.4) is 0 Å². The number of nitrogens with zero attached hydrogens (tertiary/aromatic N) is 1. The molecule has 1 unspecified atom stereocenters. The Labute approximate surface area is 240 Å². The number of oxazole rings is 1. The second-order valence-electron chi connectivity index (χ2n) is 11.6. The number of amides is 3. The second kappa shape index (κ2) is 15.0. The van der Waals surface area contributed by atoms with E-state index in [1.165, 1.54) is 32.1 Å². The highest BCUT2D eigenvalue weighted by Gasteiger charge is 2.33. The SMILES string of the molecule is NCC(=O)NC(CC1CCC1)C(=O)C(N)=O.O=C(NC1CCCC1)[C@@H](Nc1nc2ccccc2o1)C1CCCCC1. The Hall–Kier alpha value is -3.47. The molecule has 41 heavy (non-hydrogen) atoms. The van der Waals surface area contributed by atoms with Crippen molar-refractivity contribution < 1.29 is 23.6 Å². The molecule has 7 N–H and O–H groups in total. The number of carbonyl (C=O) groups excluding carboxylic acids is 4. The molecule has 11 nitrogen and oxygen atoms in total. The first-order chi connectivity index (χ1) is 19.8. The summed E-state index contributed by atoms with van der Waals surface area (Å²) in [5, 5.41) is 9.01. The van der Waals surface area contributed by atoms with Gasteiger partial charge in [-0.25, -0.2) is 0 Å². The highest BCUT2D eigenvalue weighted by Crippen LogP contribution is 2.31. The van der Waals surface area contributed by atoms with Gasteiger partial charge in [0.2, 0.25) is 17.6 Å². The molecule has 3 fully saturated rings. The summed E-state index contributed by atoms with van der Waals surface area (Å²) in [6.07, 6.45) is 14.2. The normalized spacial score (nSPS) is 19.3. The number of ketones is 1. The number of rotatable bonds is 11. The molecule has 3 aliphatic carbocycles. The molecule has 1 aromatic carbocycles. The lowest BCUT2D eigenvalue weighted by Gasteiger charge is -2.30. The van der Waals surface area contributed by atoms with Gasteiger partial charge in [0, 0.05) is 6.04 Å². The van der Waals surface area contributed by atoms with Crippen molar-refractivity contribution in [3.8, 4) is 0 Å². The van der Waals surface area contributed by atoms with Crippen LogP contribution in [-0.4, -0.2) is 53.2 Å². The van der Waals surface area contributed by atoms with E-state index in [1.54, 1.807) is 0 Å². The molecule has 3 saturated carbocycles. The van der Waals surface area contributed by atoms with Crippen molar-refractivity contribution in [2.45, 2.75) is 102 Å². The lowest BCUT2D eigenvalue weighted by Crippen LogP contribution is -2.49. The minimum absolute atomic E-state index is 0.112. The number of nitrogens with one attached hydrogen (secondary N) is 3. The number of carbonyl (C=O) groups is 4. The number of fused-ring (bicyclic) bond motifs is 1. The zero-order valence-corrected chi connectivity index (χ0v) is 23.7. The summed E-state index contributed by atoms with van der Waals surface area (Å²) in [5.74, 6) is -1.34. The summed E-state index contributed by atoms with van der Waals surface area (Å²) in [7, 11) is 0. The van der Waals surface area contributed by atoms with Crippen LogP contribution in [0.2, 0.25) is 0 Å². The first kappa shape index (κ1) is 30.5. The first-order valence-electron chi connectivity index (χ1n) is 15.1. The number of para-hydroxylation sites is 2. The van der Waals surface area contributed by atoms with Gasteiger partial charge in [0.15, 0.2) is 5.58 Å². The van der Waals surface area contributed by atoms with Gasteiger partial charge in [-0.1, -0.05) is 63.5 Å². The molecule has 2 aromatic rings. The summed E-state index contributed by atoms with van der Waals surface area (Å²) < 4.78 is 5.81. The molecule has 2 atom stereocenters.